The monoisotopic (exact) mass is 409 g/mol. The van der Waals surface area contributed by atoms with Gasteiger partial charge in [-0.3, -0.25) is 9.36 Å². The molecule has 2 atom stereocenters. The highest BCUT2D eigenvalue weighted by Gasteiger charge is 2.33. The highest BCUT2D eigenvalue weighted by atomic mass is 32.2. The van der Waals surface area contributed by atoms with Crippen LogP contribution >= 0.6 is 24.0 Å². The first-order valence-electron chi connectivity index (χ1n) is 9.05. The molecule has 2 aliphatic rings. The van der Waals surface area contributed by atoms with Gasteiger partial charge in [0.2, 0.25) is 4.77 Å². The number of rotatable bonds is 5. The van der Waals surface area contributed by atoms with Crippen molar-refractivity contribution in [3.63, 3.8) is 0 Å². The Kier molecular flexibility index (Phi) is 5.34. The van der Waals surface area contributed by atoms with E-state index in [0.717, 1.165) is 25.1 Å². The smallest absolute Gasteiger partial charge is 0.324 e. The molecule has 1 unspecified atom stereocenters. The fraction of sp³-hybridized carbons (Fsp3) is 0.500. The molecule has 1 aromatic carbocycles. The maximum Gasteiger partial charge on any atom is 0.324 e. The maximum absolute atomic E-state index is 14.4. The number of methoxy groups -OCH3 is 1. The van der Waals surface area contributed by atoms with Crippen LogP contribution in [0.1, 0.15) is 18.9 Å². The van der Waals surface area contributed by atoms with Crippen LogP contribution in [0.15, 0.2) is 24.3 Å². The molecule has 27 heavy (non-hydrogen) atoms. The molecule has 1 aliphatic carbocycles. The molecule has 0 spiro atoms. The summed E-state index contributed by atoms with van der Waals surface area (Å²) < 4.78 is 23.6. The molecule has 144 valence electrons. The number of hydrogen-bond donors (Lipinski definition) is 1. The summed E-state index contributed by atoms with van der Waals surface area (Å²) in [5.74, 6) is 0.998. The predicted molar refractivity (Wildman–Crippen MR) is 104 cm³/mol. The Hall–Kier alpha value is -1.71. The van der Waals surface area contributed by atoms with Crippen LogP contribution in [0, 0.1) is 10.6 Å². The van der Waals surface area contributed by atoms with E-state index in [0.29, 0.717) is 35.4 Å². The largest absolute Gasteiger partial charge is 0.468 e. The number of quaternary nitrogens is 1. The van der Waals surface area contributed by atoms with Crippen molar-refractivity contribution in [1.29, 1.82) is 0 Å². The molecule has 6 nitrogen and oxygen atoms in total. The van der Waals surface area contributed by atoms with E-state index < -0.39 is 0 Å². The van der Waals surface area contributed by atoms with Gasteiger partial charge in [-0.05, 0) is 37.2 Å². The van der Waals surface area contributed by atoms with Crippen molar-refractivity contribution in [2.75, 3.05) is 26.0 Å². The van der Waals surface area contributed by atoms with Gasteiger partial charge in [-0.15, -0.1) is 16.9 Å². The molecule has 1 saturated carbocycles. The summed E-state index contributed by atoms with van der Waals surface area (Å²) in [4.78, 5) is 13.1. The molecule has 4 rings (SSSR count). The summed E-state index contributed by atoms with van der Waals surface area (Å²) in [7, 11) is 1.42. The Morgan fingerprint density at radius 3 is 2.93 bits per heavy atom. The first-order chi connectivity index (χ1) is 13.1. The van der Waals surface area contributed by atoms with Crippen molar-refractivity contribution < 1.29 is 18.8 Å². The summed E-state index contributed by atoms with van der Waals surface area (Å²) >= 11 is 7.31. The van der Waals surface area contributed by atoms with Crippen molar-refractivity contribution in [3.8, 4) is 11.4 Å². The lowest BCUT2D eigenvalue weighted by molar-refractivity contribution is -0.921. The number of halogens is 1. The second-order valence-corrected chi connectivity index (χ2v) is 8.61. The zero-order valence-corrected chi connectivity index (χ0v) is 16.7. The Morgan fingerprint density at radius 2 is 2.22 bits per heavy atom. The zero-order valence-electron chi connectivity index (χ0n) is 15.1. The average molecular weight is 410 g/mol. The normalized spacial score (nSPS) is 22.6. The van der Waals surface area contributed by atoms with Crippen LogP contribution in [-0.4, -0.2) is 51.5 Å². The summed E-state index contributed by atoms with van der Waals surface area (Å²) in [5.41, 5.74) is 0.478. The number of esters is 1. The molecule has 1 aromatic heterocycles. The number of aromatic nitrogens is 3. The lowest BCUT2D eigenvalue weighted by atomic mass is 10.2. The Labute approximate surface area is 166 Å². The van der Waals surface area contributed by atoms with Crippen molar-refractivity contribution >= 4 is 29.9 Å². The maximum atomic E-state index is 14.4. The van der Waals surface area contributed by atoms with Crippen LogP contribution in [0.3, 0.4) is 0 Å². The Morgan fingerprint density at radius 1 is 1.44 bits per heavy atom. The minimum Gasteiger partial charge on any atom is -0.468 e. The van der Waals surface area contributed by atoms with Crippen molar-refractivity contribution in [2.24, 2.45) is 0 Å². The van der Waals surface area contributed by atoms with Crippen LogP contribution in [-0.2, 0) is 16.2 Å². The van der Waals surface area contributed by atoms with Crippen LogP contribution < -0.4 is 4.90 Å². The Bertz CT molecular complexity index is 909. The predicted octanol–water partition coefficient (Wildman–Crippen LogP) is 1.69. The summed E-state index contributed by atoms with van der Waals surface area (Å²) in [6, 6.07) is 6.98. The minimum absolute atomic E-state index is 0.163. The fourth-order valence-electron chi connectivity index (χ4n) is 3.42. The Balaban J connectivity index is 1.62. The summed E-state index contributed by atoms with van der Waals surface area (Å²) in [5, 5.41) is 4.52. The lowest BCUT2D eigenvalue weighted by Crippen LogP contribution is -3.14. The van der Waals surface area contributed by atoms with Gasteiger partial charge >= 0.3 is 5.97 Å². The van der Waals surface area contributed by atoms with Crippen LogP contribution in [0.5, 0.6) is 0 Å². The van der Waals surface area contributed by atoms with E-state index in [9.17, 15) is 9.18 Å². The first kappa shape index (κ1) is 18.6. The van der Waals surface area contributed by atoms with Gasteiger partial charge in [-0.25, -0.2) is 4.39 Å². The molecular formula is C18H22FN4O2S2+. The minimum atomic E-state index is -0.293. The molecule has 1 aliphatic heterocycles. The van der Waals surface area contributed by atoms with Crippen molar-refractivity contribution in [1.82, 2.24) is 14.3 Å². The standard InChI is InChI=1S/C18H21FN4O2S2/c1-25-17(24)15-10-21(8-9-27-15)11-22-18(26)23(12-6-7-12)16(20-22)13-4-2-3-5-14(13)19/h2-5,12,15H,6-11H2,1H3/p+1/t15-/m1/s1. The van der Waals surface area contributed by atoms with Crippen LogP contribution in [0.4, 0.5) is 4.39 Å². The van der Waals surface area contributed by atoms with Crippen molar-refractivity contribution in [2.45, 2.75) is 30.8 Å². The molecule has 2 aromatic rings. The second-order valence-electron chi connectivity index (χ2n) is 6.93. The molecule has 2 heterocycles. The van der Waals surface area contributed by atoms with E-state index in [1.807, 2.05) is 10.6 Å². The molecule has 1 saturated heterocycles. The zero-order chi connectivity index (χ0) is 19.0. The number of ether oxygens (including phenoxy) is 1. The van der Waals surface area contributed by atoms with Gasteiger partial charge in [0.05, 0.1) is 19.2 Å². The molecular weight excluding hydrogens is 387 g/mol. The highest BCUT2D eigenvalue weighted by Crippen LogP contribution is 2.38. The van der Waals surface area contributed by atoms with Gasteiger partial charge in [0.15, 0.2) is 17.7 Å². The number of benzene rings is 1. The molecule has 9 heteroatoms. The number of carbonyl (C=O) groups excluding carboxylic acids is 1. The van der Waals surface area contributed by atoms with E-state index in [-0.39, 0.29) is 17.0 Å². The molecule has 0 bridgehead atoms. The topological polar surface area (TPSA) is 53.5 Å². The quantitative estimate of drug-likeness (QED) is 0.602. The SMILES string of the molecule is COC(=O)[C@H]1C[NH+](Cn2nc(-c3ccccc3F)n(C3CC3)c2=S)CCS1. The van der Waals surface area contributed by atoms with Gasteiger partial charge in [-0.1, -0.05) is 12.1 Å². The number of carbonyl (C=O) groups is 1. The van der Waals surface area contributed by atoms with Crippen LogP contribution in [0.25, 0.3) is 11.4 Å². The fourth-order valence-corrected chi connectivity index (χ4v) is 5.04. The third-order valence-corrected chi connectivity index (χ3v) is 6.59. The van der Waals surface area contributed by atoms with Crippen LogP contribution in [0.2, 0.25) is 0 Å². The third-order valence-electron chi connectivity index (χ3n) is 4.98. The number of nitrogens with one attached hydrogen (secondary N) is 1. The van der Waals surface area contributed by atoms with Gasteiger partial charge in [-0.2, -0.15) is 4.68 Å². The van der Waals surface area contributed by atoms with Gasteiger partial charge in [0, 0.05) is 11.8 Å². The average Bonchev–Trinajstić information content (AvgIpc) is 3.47. The number of hydrogen-bond acceptors (Lipinski definition) is 5. The van der Waals surface area contributed by atoms with Gasteiger partial charge in [0.1, 0.15) is 12.4 Å². The molecule has 2 fully saturated rings. The van der Waals surface area contributed by atoms with E-state index in [4.69, 9.17) is 17.0 Å². The highest BCUT2D eigenvalue weighted by molar-refractivity contribution is 8.00. The van der Waals surface area contributed by atoms with E-state index in [2.05, 4.69) is 5.10 Å². The summed E-state index contributed by atoms with van der Waals surface area (Å²) in [6.45, 7) is 2.16. The van der Waals surface area contributed by atoms with Gasteiger partial charge in [0.25, 0.3) is 0 Å². The lowest BCUT2D eigenvalue weighted by Gasteiger charge is -2.27. The molecule has 0 amide bonds. The van der Waals surface area contributed by atoms with Gasteiger partial charge < -0.3 is 9.64 Å². The van der Waals surface area contributed by atoms with E-state index in [1.54, 1.807) is 28.6 Å². The number of thioether (sulfide) groups is 1. The van der Waals surface area contributed by atoms with Crippen molar-refractivity contribution in [3.05, 3.63) is 34.9 Å². The van der Waals surface area contributed by atoms with E-state index in [1.165, 1.54) is 18.1 Å². The molecule has 1 N–H and O–H groups in total. The second kappa shape index (κ2) is 7.73. The molecule has 0 radical (unpaired) electrons. The third kappa shape index (κ3) is 3.81. The first-order valence-corrected chi connectivity index (χ1v) is 10.5. The van der Waals surface area contributed by atoms with E-state index >= 15 is 0 Å². The number of nitrogens with zero attached hydrogens (tertiary/aromatic N) is 3. The summed E-state index contributed by atoms with van der Waals surface area (Å²) in [6.07, 6.45) is 2.08.